The Morgan fingerprint density at radius 1 is 1.15 bits per heavy atom. The van der Waals surface area contributed by atoms with Crippen molar-refractivity contribution >= 4 is 45.8 Å². The van der Waals surface area contributed by atoms with Gasteiger partial charge in [-0.2, -0.15) is 10.1 Å². The third-order valence-electron chi connectivity index (χ3n) is 5.96. The zero-order valence-electron chi connectivity index (χ0n) is 18.3. The second kappa shape index (κ2) is 7.70. The van der Waals surface area contributed by atoms with Crippen molar-refractivity contribution in [3.05, 3.63) is 59.5 Å². The van der Waals surface area contributed by atoms with Crippen LogP contribution in [0.2, 0.25) is 0 Å². The van der Waals surface area contributed by atoms with E-state index >= 15 is 0 Å². The minimum absolute atomic E-state index is 0.481. The number of aliphatic imine (C=N–C) groups is 1. The number of aryl methyl sites for hydroxylation is 1. The van der Waals surface area contributed by atoms with Crippen molar-refractivity contribution in [1.82, 2.24) is 25.1 Å². The molecule has 0 aliphatic carbocycles. The van der Waals surface area contributed by atoms with E-state index in [1.165, 1.54) is 5.56 Å². The Hall–Kier alpha value is -4.27. The summed E-state index contributed by atoms with van der Waals surface area (Å²) in [7, 11) is 1.59. The molecular weight excluding hydrogens is 416 g/mol. The fraction of sp³-hybridized carbons (Fsp3) is 0.208. The Balaban J connectivity index is 1.48. The molecule has 0 fully saturated rings. The van der Waals surface area contributed by atoms with Crippen molar-refractivity contribution < 1.29 is 4.74 Å². The number of H-pyrrole nitrogens is 1. The van der Waals surface area contributed by atoms with Gasteiger partial charge >= 0.3 is 0 Å². The van der Waals surface area contributed by atoms with Gasteiger partial charge in [-0.25, -0.2) is 9.97 Å². The number of methoxy groups -OCH3 is 1. The van der Waals surface area contributed by atoms with E-state index in [0.29, 0.717) is 17.5 Å². The van der Waals surface area contributed by atoms with Gasteiger partial charge in [0.2, 0.25) is 11.8 Å². The van der Waals surface area contributed by atoms with Crippen LogP contribution in [0.3, 0.4) is 0 Å². The van der Waals surface area contributed by atoms with Crippen molar-refractivity contribution in [3.8, 4) is 5.88 Å². The lowest BCUT2D eigenvalue weighted by Gasteiger charge is -2.34. The number of hydrogen-bond donors (Lipinski definition) is 2. The summed E-state index contributed by atoms with van der Waals surface area (Å²) in [6.07, 6.45) is 8.52. The molecule has 0 spiro atoms. The number of fused-ring (bicyclic) bond motifs is 4. The molecule has 6 rings (SSSR count). The zero-order chi connectivity index (χ0) is 22.4. The van der Waals surface area contributed by atoms with Crippen molar-refractivity contribution in [3.63, 3.8) is 0 Å². The highest BCUT2D eigenvalue weighted by atomic mass is 16.5. The Morgan fingerprint density at radius 3 is 3.00 bits per heavy atom. The molecule has 164 valence electrons. The van der Waals surface area contributed by atoms with E-state index in [0.717, 1.165) is 58.8 Å². The predicted molar refractivity (Wildman–Crippen MR) is 129 cm³/mol. The number of pyridine rings is 1. The maximum absolute atomic E-state index is 5.34. The molecule has 0 atom stereocenters. The lowest BCUT2D eigenvalue weighted by molar-refractivity contribution is 0.400. The first-order chi connectivity index (χ1) is 16.2. The number of nitrogens with zero attached hydrogens (tertiary/aromatic N) is 6. The SMILES string of the molecule is COc1ncccc1Nc1ncc2c(n1)N1CCCN=C1C(c1c(C)ccc3[nH]ncc13)=C2. The number of benzene rings is 1. The number of rotatable bonds is 4. The molecule has 3 aromatic heterocycles. The molecule has 9 heteroatoms. The average molecular weight is 438 g/mol. The zero-order valence-corrected chi connectivity index (χ0v) is 18.3. The van der Waals surface area contributed by atoms with Crippen LogP contribution in [0.15, 0.2) is 47.8 Å². The number of hydrogen-bond acceptors (Lipinski definition) is 8. The van der Waals surface area contributed by atoms with E-state index in [1.54, 1.807) is 13.3 Å². The lowest BCUT2D eigenvalue weighted by atomic mass is 9.91. The summed E-state index contributed by atoms with van der Waals surface area (Å²) in [5.74, 6) is 2.75. The Bertz CT molecular complexity index is 1440. The van der Waals surface area contributed by atoms with Crippen molar-refractivity contribution in [1.29, 1.82) is 0 Å². The summed E-state index contributed by atoms with van der Waals surface area (Å²) in [6, 6.07) is 7.90. The minimum atomic E-state index is 0.481. The number of aromatic nitrogens is 5. The molecule has 33 heavy (non-hydrogen) atoms. The number of anilines is 3. The van der Waals surface area contributed by atoms with Gasteiger partial charge in [0.1, 0.15) is 17.3 Å². The summed E-state index contributed by atoms with van der Waals surface area (Å²) in [5.41, 5.74) is 6.06. The van der Waals surface area contributed by atoms with Gasteiger partial charge in [0.15, 0.2) is 0 Å². The molecule has 2 aliphatic rings. The molecule has 2 aliphatic heterocycles. The van der Waals surface area contributed by atoms with Crippen LogP contribution in [-0.2, 0) is 0 Å². The van der Waals surface area contributed by atoms with Crippen LogP contribution in [-0.4, -0.2) is 51.2 Å². The topological polar surface area (TPSA) is 104 Å². The smallest absolute Gasteiger partial charge is 0.237 e. The van der Waals surface area contributed by atoms with Crippen molar-refractivity contribution in [2.24, 2.45) is 4.99 Å². The summed E-state index contributed by atoms with van der Waals surface area (Å²) >= 11 is 0. The lowest BCUT2D eigenvalue weighted by Crippen LogP contribution is -2.39. The molecule has 4 aromatic rings. The Morgan fingerprint density at radius 2 is 2.09 bits per heavy atom. The van der Waals surface area contributed by atoms with Crippen LogP contribution in [0.5, 0.6) is 5.88 Å². The molecular formula is C24H22N8O. The first-order valence-electron chi connectivity index (χ1n) is 10.8. The fourth-order valence-electron chi connectivity index (χ4n) is 4.46. The molecule has 0 unspecified atom stereocenters. The summed E-state index contributed by atoms with van der Waals surface area (Å²) in [6.45, 7) is 3.76. The molecule has 5 heterocycles. The number of nitrogens with one attached hydrogen (secondary N) is 2. The fourth-order valence-corrected chi connectivity index (χ4v) is 4.46. The average Bonchev–Trinajstić information content (AvgIpc) is 3.33. The van der Waals surface area contributed by atoms with Crippen LogP contribution < -0.4 is 15.0 Å². The standard InChI is InChI=1S/C24H22N8O/c1-14-6-7-18-17(13-28-31-18)20(14)16-11-15-12-27-24(29-19-5-3-8-26-23(19)33-2)30-21(15)32-10-4-9-25-22(16)32/h3,5-8,11-13H,4,9-10H2,1-2H3,(H,28,31)(H,27,29,30). The molecule has 0 saturated carbocycles. The summed E-state index contributed by atoms with van der Waals surface area (Å²) in [5, 5.41) is 11.7. The highest BCUT2D eigenvalue weighted by Crippen LogP contribution is 2.38. The van der Waals surface area contributed by atoms with E-state index in [4.69, 9.17) is 14.7 Å². The number of aromatic amines is 1. The van der Waals surface area contributed by atoms with Gasteiger partial charge in [-0.3, -0.25) is 10.1 Å². The first-order valence-corrected chi connectivity index (χ1v) is 10.8. The van der Waals surface area contributed by atoms with Gasteiger partial charge in [0, 0.05) is 42.0 Å². The van der Waals surface area contributed by atoms with Gasteiger partial charge < -0.3 is 15.0 Å². The minimum Gasteiger partial charge on any atom is -0.480 e. The molecule has 0 amide bonds. The third kappa shape index (κ3) is 3.20. The van der Waals surface area contributed by atoms with Gasteiger partial charge in [0.25, 0.3) is 0 Å². The van der Waals surface area contributed by atoms with Gasteiger partial charge in [0.05, 0.1) is 18.8 Å². The van der Waals surface area contributed by atoms with Crippen molar-refractivity contribution in [2.45, 2.75) is 13.3 Å². The highest BCUT2D eigenvalue weighted by Gasteiger charge is 2.31. The molecule has 2 N–H and O–H groups in total. The first kappa shape index (κ1) is 19.4. The van der Waals surface area contributed by atoms with Crippen LogP contribution in [0.1, 0.15) is 23.1 Å². The van der Waals surface area contributed by atoms with Crippen LogP contribution in [0.4, 0.5) is 17.5 Å². The number of amidine groups is 1. The van der Waals surface area contributed by atoms with Crippen LogP contribution >= 0.6 is 0 Å². The van der Waals surface area contributed by atoms with E-state index in [9.17, 15) is 0 Å². The highest BCUT2D eigenvalue weighted by molar-refractivity contribution is 6.37. The largest absolute Gasteiger partial charge is 0.480 e. The second-order valence-corrected chi connectivity index (χ2v) is 8.02. The maximum Gasteiger partial charge on any atom is 0.237 e. The molecule has 1 aromatic carbocycles. The van der Waals surface area contributed by atoms with Crippen molar-refractivity contribution in [2.75, 3.05) is 30.4 Å². The Kier molecular flexibility index (Phi) is 4.53. The quantitative estimate of drug-likeness (QED) is 0.497. The van der Waals surface area contributed by atoms with Gasteiger partial charge in [-0.1, -0.05) is 6.07 Å². The van der Waals surface area contributed by atoms with E-state index in [1.807, 2.05) is 24.5 Å². The molecule has 9 nitrogen and oxygen atoms in total. The second-order valence-electron chi connectivity index (χ2n) is 8.02. The number of ether oxygens (including phenoxy) is 1. The van der Waals surface area contributed by atoms with E-state index < -0.39 is 0 Å². The van der Waals surface area contributed by atoms with Gasteiger partial charge in [-0.05, 0) is 48.7 Å². The van der Waals surface area contributed by atoms with Crippen LogP contribution in [0, 0.1) is 6.92 Å². The normalized spacial score (nSPS) is 14.9. The molecule has 0 bridgehead atoms. The monoisotopic (exact) mass is 438 g/mol. The Labute approximate surface area is 190 Å². The van der Waals surface area contributed by atoms with E-state index in [2.05, 4.69) is 55.5 Å². The summed E-state index contributed by atoms with van der Waals surface area (Å²) < 4.78 is 5.34. The molecule has 0 radical (unpaired) electrons. The molecule has 0 saturated heterocycles. The van der Waals surface area contributed by atoms with E-state index in [-0.39, 0.29) is 0 Å². The predicted octanol–water partition coefficient (Wildman–Crippen LogP) is 3.97. The van der Waals surface area contributed by atoms with Crippen LogP contribution in [0.25, 0.3) is 22.6 Å². The third-order valence-corrected chi connectivity index (χ3v) is 5.96. The van der Waals surface area contributed by atoms with Gasteiger partial charge in [-0.15, -0.1) is 0 Å². The maximum atomic E-state index is 5.34. The summed E-state index contributed by atoms with van der Waals surface area (Å²) in [4.78, 5) is 20.8.